The molecule has 1 N–H and O–H groups in total. The number of amides is 1. The Balaban J connectivity index is 2.62. The van der Waals surface area contributed by atoms with Crippen LogP contribution in [0.1, 0.15) is 19.3 Å². The fraction of sp³-hybridized carbons (Fsp3) is 0.875. The summed E-state index contributed by atoms with van der Waals surface area (Å²) in [6, 6.07) is -0.200. The molecule has 1 aliphatic heterocycles. The Morgan fingerprint density at radius 1 is 1.46 bits per heavy atom. The van der Waals surface area contributed by atoms with E-state index in [0.717, 1.165) is 25.8 Å². The van der Waals surface area contributed by atoms with Gasteiger partial charge in [0.2, 0.25) is 0 Å². The minimum Gasteiger partial charge on any atom is -0.306 e. The van der Waals surface area contributed by atoms with E-state index in [1.54, 1.807) is 0 Å². The average molecular weight is 204 g/mol. The van der Waals surface area contributed by atoms with E-state index in [1.165, 1.54) is 12.5 Å². The van der Waals surface area contributed by atoms with Gasteiger partial charge in [0, 0.05) is 22.2 Å². The lowest BCUT2D eigenvalue weighted by Gasteiger charge is -2.19. The summed E-state index contributed by atoms with van der Waals surface area (Å²) >= 11 is 0. The molecule has 1 saturated heterocycles. The summed E-state index contributed by atoms with van der Waals surface area (Å²) in [7, 11) is -2.29. The van der Waals surface area contributed by atoms with Gasteiger partial charge in [-0.2, -0.15) is 4.36 Å². The van der Waals surface area contributed by atoms with E-state index in [4.69, 9.17) is 0 Å². The third kappa shape index (κ3) is 3.87. The molecule has 0 aromatic carbocycles. The van der Waals surface area contributed by atoms with Crippen LogP contribution in [0.4, 0.5) is 0 Å². The minimum absolute atomic E-state index is 0.200. The molecule has 0 spiro atoms. The standard InChI is InChI=1S/C8H16N2O2S/c1-13(2,12)10-8(11)7-5-3-4-6-9-7/h7,9H,3-6H2,1-2H3/t7-/m0/s1. The van der Waals surface area contributed by atoms with Gasteiger partial charge in [-0.05, 0) is 19.4 Å². The molecule has 4 nitrogen and oxygen atoms in total. The molecule has 1 heterocycles. The van der Waals surface area contributed by atoms with Gasteiger partial charge >= 0.3 is 0 Å². The summed E-state index contributed by atoms with van der Waals surface area (Å²) in [6.45, 7) is 0.862. The van der Waals surface area contributed by atoms with Crippen molar-refractivity contribution in [1.29, 1.82) is 0 Å². The van der Waals surface area contributed by atoms with E-state index in [-0.39, 0.29) is 11.9 Å². The van der Waals surface area contributed by atoms with Crippen LogP contribution in [0, 0.1) is 0 Å². The Labute approximate surface area is 79.3 Å². The molecule has 0 bridgehead atoms. The third-order valence-electron chi connectivity index (χ3n) is 1.92. The number of carbonyl (C=O) groups excluding carboxylic acids is 1. The summed E-state index contributed by atoms with van der Waals surface area (Å²) in [6.07, 6.45) is 5.93. The van der Waals surface area contributed by atoms with Crippen LogP contribution in [0.3, 0.4) is 0 Å². The number of hydrogen-bond acceptors (Lipinski definition) is 3. The molecule has 1 amide bonds. The Bertz CT molecular complexity index is 291. The molecule has 0 aromatic rings. The van der Waals surface area contributed by atoms with Crippen molar-refractivity contribution >= 4 is 15.6 Å². The summed E-state index contributed by atoms with van der Waals surface area (Å²) in [4.78, 5) is 11.4. The van der Waals surface area contributed by atoms with Crippen molar-refractivity contribution in [3.05, 3.63) is 0 Å². The Morgan fingerprint density at radius 3 is 2.62 bits per heavy atom. The number of hydrogen-bond donors (Lipinski definition) is 1. The lowest BCUT2D eigenvalue weighted by molar-refractivity contribution is -0.120. The zero-order chi connectivity index (χ0) is 9.90. The first-order chi connectivity index (χ1) is 5.99. The lowest BCUT2D eigenvalue weighted by Crippen LogP contribution is -2.39. The molecule has 13 heavy (non-hydrogen) atoms. The van der Waals surface area contributed by atoms with Crippen LogP contribution >= 0.6 is 0 Å². The maximum atomic E-state index is 11.4. The van der Waals surface area contributed by atoms with Crippen molar-refractivity contribution in [2.45, 2.75) is 25.3 Å². The Morgan fingerprint density at radius 2 is 2.15 bits per heavy atom. The average Bonchev–Trinajstić information content (AvgIpc) is 2.03. The fourth-order valence-corrected chi connectivity index (χ4v) is 1.90. The second-order valence-corrected chi connectivity index (χ2v) is 6.16. The van der Waals surface area contributed by atoms with Crippen LogP contribution in [0.5, 0.6) is 0 Å². The van der Waals surface area contributed by atoms with E-state index >= 15 is 0 Å². The first kappa shape index (κ1) is 10.7. The van der Waals surface area contributed by atoms with Crippen LogP contribution in [-0.2, 0) is 14.5 Å². The molecule has 0 aliphatic carbocycles. The topological polar surface area (TPSA) is 58.5 Å². The molecule has 76 valence electrons. The maximum Gasteiger partial charge on any atom is 0.270 e. The smallest absolute Gasteiger partial charge is 0.270 e. The van der Waals surface area contributed by atoms with Crippen LogP contribution in [0.2, 0.25) is 0 Å². The molecule has 1 fully saturated rings. The largest absolute Gasteiger partial charge is 0.306 e. The molecule has 0 aromatic heterocycles. The molecule has 1 aliphatic rings. The first-order valence-electron chi connectivity index (χ1n) is 4.43. The zero-order valence-electron chi connectivity index (χ0n) is 8.08. The van der Waals surface area contributed by atoms with Gasteiger partial charge in [0.05, 0.1) is 6.04 Å². The molecule has 0 saturated carbocycles. The summed E-state index contributed by atoms with van der Waals surface area (Å²) in [5.74, 6) is -0.255. The highest BCUT2D eigenvalue weighted by Crippen LogP contribution is 2.08. The van der Waals surface area contributed by atoms with Crippen molar-refractivity contribution in [3.63, 3.8) is 0 Å². The fourth-order valence-electron chi connectivity index (χ4n) is 1.34. The summed E-state index contributed by atoms with van der Waals surface area (Å²) in [5.41, 5.74) is 0. The van der Waals surface area contributed by atoms with Gasteiger partial charge in [-0.3, -0.25) is 4.79 Å². The Kier molecular flexibility index (Phi) is 3.44. The number of piperidine rings is 1. The highest BCUT2D eigenvalue weighted by atomic mass is 32.2. The van der Waals surface area contributed by atoms with Crippen LogP contribution in [-0.4, -0.2) is 35.2 Å². The quantitative estimate of drug-likeness (QED) is 0.672. The van der Waals surface area contributed by atoms with Crippen molar-refractivity contribution in [1.82, 2.24) is 5.32 Å². The minimum atomic E-state index is -2.29. The highest BCUT2D eigenvalue weighted by Gasteiger charge is 2.20. The van der Waals surface area contributed by atoms with Crippen molar-refractivity contribution in [3.8, 4) is 0 Å². The SMILES string of the molecule is CS(C)(=O)=NC(=O)[C@@H]1CCCCN1. The third-order valence-corrected chi connectivity index (χ3v) is 2.54. The van der Waals surface area contributed by atoms with Crippen LogP contribution in [0.15, 0.2) is 4.36 Å². The second kappa shape index (κ2) is 4.19. The van der Waals surface area contributed by atoms with Crippen LogP contribution in [0.25, 0.3) is 0 Å². The number of nitrogens with one attached hydrogen (secondary N) is 1. The first-order valence-corrected chi connectivity index (χ1v) is 6.76. The van der Waals surface area contributed by atoms with Gasteiger partial charge in [-0.25, -0.2) is 4.21 Å². The van der Waals surface area contributed by atoms with Crippen molar-refractivity contribution in [2.24, 2.45) is 4.36 Å². The summed E-state index contributed by atoms with van der Waals surface area (Å²) < 4.78 is 14.9. The molecule has 1 atom stereocenters. The van der Waals surface area contributed by atoms with Crippen LogP contribution < -0.4 is 5.32 Å². The van der Waals surface area contributed by atoms with Gasteiger partial charge in [0.1, 0.15) is 0 Å². The van der Waals surface area contributed by atoms with E-state index in [1.807, 2.05) is 0 Å². The Hall–Kier alpha value is -0.420. The molecule has 5 heteroatoms. The summed E-state index contributed by atoms with van der Waals surface area (Å²) in [5, 5.41) is 3.07. The van der Waals surface area contributed by atoms with Gasteiger partial charge in [0.25, 0.3) is 5.91 Å². The number of rotatable bonds is 1. The number of nitrogens with zero attached hydrogens (tertiary/aromatic N) is 1. The predicted molar refractivity (Wildman–Crippen MR) is 53.1 cm³/mol. The monoisotopic (exact) mass is 204 g/mol. The van der Waals surface area contributed by atoms with Gasteiger partial charge in [0.15, 0.2) is 0 Å². The molecule has 0 unspecified atom stereocenters. The van der Waals surface area contributed by atoms with E-state index in [9.17, 15) is 9.00 Å². The number of carbonyl (C=O) groups is 1. The van der Waals surface area contributed by atoms with Gasteiger partial charge in [-0.15, -0.1) is 0 Å². The second-order valence-electron chi connectivity index (χ2n) is 3.61. The molecular formula is C8H16N2O2S. The molecule has 1 rings (SSSR count). The van der Waals surface area contributed by atoms with Crippen molar-refractivity contribution < 1.29 is 9.00 Å². The van der Waals surface area contributed by atoms with Gasteiger partial charge < -0.3 is 5.32 Å². The van der Waals surface area contributed by atoms with E-state index < -0.39 is 9.73 Å². The molecule has 0 radical (unpaired) electrons. The normalized spacial score (nSPS) is 24.0. The molecular weight excluding hydrogens is 188 g/mol. The van der Waals surface area contributed by atoms with E-state index in [2.05, 4.69) is 9.68 Å². The predicted octanol–water partition coefficient (Wildman–Crippen LogP) is 0.383. The highest BCUT2D eigenvalue weighted by molar-refractivity contribution is 7.92. The zero-order valence-corrected chi connectivity index (χ0v) is 8.89. The van der Waals surface area contributed by atoms with Gasteiger partial charge in [-0.1, -0.05) is 6.42 Å². The van der Waals surface area contributed by atoms with E-state index in [0.29, 0.717) is 0 Å². The van der Waals surface area contributed by atoms with Crippen molar-refractivity contribution in [2.75, 3.05) is 19.1 Å². The lowest BCUT2D eigenvalue weighted by atomic mass is 10.1. The maximum absolute atomic E-state index is 11.4.